The van der Waals surface area contributed by atoms with E-state index in [4.69, 9.17) is 0 Å². The van der Waals surface area contributed by atoms with Crippen LogP contribution in [0.2, 0.25) is 0 Å². The third kappa shape index (κ3) is 2.16. The number of hydrogen-bond acceptors (Lipinski definition) is 5. The van der Waals surface area contributed by atoms with Crippen LogP contribution in [0, 0.1) is 0 Å². The van der Waals surface area contributed by atoms with Gasteiger partial charge in [-0.2, -0.15) is 5.10 Å². The Morgan fingerprint density at radius 1 is 1.32 bits per heavy atom. The summed E-state index contributed by atoms with van der Waals surface area (Å²) in [6.45, 7) is 1.94. The molecule has 0 bridgehead atoms. The van der Waals surface area contributed by atoms with Crippen molar-refractivity contribution in [3.05, 3.63) is 42.4 Å². The monoisotopic (exact) mass is 294 g/mol. The number of benzene rings is 1. The van der Waals surface area contributed by atoms with Crippen LogP contribution < -0.4 is 10.2 Å². The molecule has 0 radical (unpaired) electrons. The van der Waals surface area contributed by atoms with Gasteiger partial charge in [0.2, 0.25) is 0 Å². The highest BCUT2D eigenvalue weighted by atomic mass is 15.2. The van der Waals surface area contributed by atoms with E-state index in [9.17, 15) is 0 Å². The van der Waals surface area contributed by atoms with Crippen molar-refractivity contribution in [1.82, 2.24) is 20.2 Å². The molecule has 0 unspecified atom stereocenters. The van der Waals surface area contributed by atoms with Crippen molar-refractivity contribution >= 4 is 22.5 Å². The lowest BCUT2D eigenvalue weighted by atomic mass is 9.90. The van der Waals surface area contributed by atoms with E-state index in [1.807, 2.05) is 0 Å². The summed E-state index contributed by atoms with van der Waals surface area (Å²) < 4.78 is 0. The van der Waals surface area contributed by atoms with Crippen molar-refractivity contribution in [1.29, 1.82) is 0 Å². The number of hydrogen-bond donors (Lipinski definition) is 2. The summed E-state index contributed by atoms with van der Waals surface area (Å²) in [6.07, 6.45) is 4.46. The van der Waals surface area contributed by atoms with Gasteiger partial charge in [-0.15, -0.1) is 0 Å². The summed E-state index contributed by atoms with van der Waals surface area (Å²) in [4.78, 5) is 10.8. The van der Waals surface area contributed by atoms with E-state index in [1.54, 1.807) is 12.5 Å². The Kier molecular flexibility index (Phi) is 3.14. The van der Waals surface area contributed by atoms with Gasteiger partial charge in [-0.1, -0.05) is 18.2 Å². The Morgan fingerprint density at radius 3 is 3.18 bits per heavy atom. The highest BCUT2D eigenvalue weighted by Gasteiger charge is 2.22. The van der Waals surface area contributed by atoms with Crippen LogP contribution in [0.3, 0.4) is 0 Å². The molecule has 1 aromatic carbocycles. The third-order valence-electron chi connectivity index (χ3n) is 4.36. The Balaban J connectivity index is 1.57. The van der Waals surface area contributed by atoms with Gasteiger partial charge in [0.1, 0.15) is 12.1 Å². The molecule has 0 saturated carbocycles. The second-order valence-corrected chi connectivity index (χ2v) is 5.70. The predicted octanol–water partition coefficient (Wildman–Crippen LogP) is 2.39. The van der Waals surface area contributed by atoms with Crippen molar-refractivity contribution in [2.45, 2.75) is 12.3 Å². The third-order valence-corrected chi connectivity index (χ3v) is 4.36. The smallest absolute Gasteiger partial charge is 0.160 e. The highest BCUT2D eigenvalue weighted by molar-refractivity contribution is 5.85. The van der Waals surface area contributed by atoms with Crippen LogP contribution in [0.1, 0.15) is 17.9 Å². The maximum Gasteiger partial charge on any atom is 0.160 e. The average Bonchev–Trinajstić information content (AvgIpc) is 3.04. The molecule has 2 N–H and O–H groups in total. The number of H-pyrrole nitrogens is 1. The number of fused-ring (bicyclic) bond motifs is 2. The van der Waals surface area contributed by atoms with E-state index in [1.165, 1.54) is 11.3 Å². The summed E-state index contributed by atoms with van der Waals surface area (Å²) in [5.74, 6) is 1.33. The fourth-order valence-electron chi connectivity index (χ4n) is 3.14. The molecule has 3 heterocycles. The summed E-state index contributed by atoms with van der Waals surface area (Å²) in [6, 6.07) is 8.64. The molecule has 1 aliphatic heterocycles. The first-order valence-electron chi connectivity index (χ1n) is 7.51. The van der Waals surface area contributed by atoms with E-state index in [0.29, 0.717) is 5.92 Å². The fraction of sp³-hybridized carbons (Fsp3) is 0.312. The van der Waals surface area contributed by atoms with Crippen LogP contribution in [0.5, 0.6) is 0 Å². The largest absolute Gasteiger partial charge is 0.374 e. The lowest BCUT2D eigenvalue weighted by Gasteiger charge is -2.33. The first kappa shape index (κ1) is 13.1. The number of para-hydroxylation sites is 1. The van der Waals surface area contributed by atoms with Crippen LogP contribution in [0.15, 0.2) is 36.8 Å². The van der Waals surface area contributed by atoms with Gasteiger partial charge in [-0.05, 0) is 18.1 Å². The molecule has 1 aliphatic rings. The van der Waals surface area contributed by atoms with Crippen LogP contribution in [0.25, 0.3) is 11.0 Å². The maximum absolute atomic E-state index is 4.34. The van der Waals surface area contributed by atoms with Gasteiger partial charge in [0.05, 0.1) is 11.6 Å². The zero-order valence-corrected chi connectivity index (χ0v) is 12.5. The van der Waals surface area contributed by atoms with Gasteiger partial charge in [0, 0.05) is 31.7 Å². The van der Waals surface area contributed by atoms with Crippen molar-refractivity contribution in [2.24, 2.45) is 0 Å². The minimum Gasteiger partial charge on any atom is -0.374 e. The number of rotatable bonds is 3. The number of anilines is 2. The molecule has 22 heavy (non-hydrogen) atoms. The van der Waals surface area contributed by atoms with Gasteiger partial charge < -0.3 is 10.2 Å². The van der Waals surface area contributed by atoms with Crippen LogP contribution >= 0.6 is 0 Å². The SMILES string of the molecule is CN1CC[C@@H](CNc2ncnc3[nH]ncc23)c2ccccc21. The molecule has 1 atom stereocenters. The molecule has 6 nitrogen and oxygen atoms in total. The van der Waals surface area contributed by atoms with Crippen molar-refractivity contribution < 1.29 is 0 Å². The van der Waals surface area contributed by atoms with Gasteiger partial charge in [0.15, 0.2) is 5.65 Å². The standard InChI is InChI=1S/C16H18N6/c1-22-7-6-11(12-4-2-3-5-14(12)22)8-17-15-13-9-20-21-16(13)19-10-18-15/h2-5,9-11H,6-8H2,1H3,(H2,17,18,19,20,21)/t11-/m0/s1. The molecule has 2 aromatic heterocycles. The van der Waals surface area contributed by atoms with Crippen molar-refractivity contribution in [3.63, 3.8) is 0 Å². The average molecular weight is 294 g/mol. The molecule has 0 amide bonds. The first-order chi connectivity index (χ1) is 10.8. The molecule has 0 spiro atoms. The lowest BCUT2D eigenvalue weighted by Crippen LogP contribution is -2.29. The van der Waals surface area contributed by atoms with Crippen LogP contribution in [-0.4, -0.2) is 40.3 Å². The molecular formula is C16H18N6. The topological polar surface area (TPSA) is 69.7 Å². The summed E-state index contributed by atoms with van der Waals surface area (Å²) in [7, 11) is 2.15. The summed E-state index contributed by atoms with van der Waals surface area (Å²) in [5, 5.41) is 11.3. The number of nitrogens with one attached hydrogen (secondary N) is 2. The second kappa shape index (κ2) is 5.29. The minimum absolute atomic E-state index is 0.490. The Hall–Kier alpha value is -2.63. The van der Waals surface area contributed by atoms with E-state index in [-0.39, 0.29) is 0 Å². The van der Waals surface area contributed by atoms with Crippen LogP contribution in [-0.2, 0) is 0 Å². The zero-order valence-electron chi connectivity index (χ0n) is 12.5. The zero-order chi connectivity index (χ0) is 14.9. The summed E-state index contributed by atoms with van der Waals surface area (Å²) in [5.41, 5.74) is 3.50. The lowest BCUT2D eigenvalue weighted by molar-refractivity contribution is 0.614. The highest BCUT2D eigenvalue weighted by Crippen LogP contribution is 2.34. The minimum atomic E-state index is 0.490. The molecule has 4 rings (SSSR count). The van der Waals surface area contributed by atoms with E-state index in [2.05, 4.69) is 61.7 Å². The van der Waals surface area contributed by atoms with E-state index in [0.717, 1.165) is 36.4 Å². The Bertz CT molecular complexity index is 796. The number of aromatic amines is 1. The first-order valence-corrected chi connectivity index (χ1v) is 7.51. The number of nitrogens with zero attached hydrogens (tertiary/aromatic N) is 4. The molecule has 3 aromatic rings. The fourth-order valence-corrected chi connectivity index (χ4v) is 3.14. The van der Waals surface area contributed by atoms with Crippen LogP contribution in [0.4, 0.5) is 11.5 Å². The van der Waals surface area contributed by atoms with E-state index >= 15 is 0 Å². The van der Waals surface area contributed by atoms with Gasteiger partial charge in [0.25, 0.3) is 0 Å². The molecule has 0 saturated heterocycles. The predicted molar refractivity (Wildman–Crippen MR) is 87.2 cm³/mol. The van der Waals surface area contributed by atoms with Gasteiger partial charge >= 0.3 is 0 Å². The normalized spacial score (nSPS) is 17.5. The molecule has 6 heteroatoms. The quantitative estimate of drug-likeness (QED) is 0.776. The van der Waals surface area contributed by atoms with E-state index < -0.39 is 0 Å². The van der Waals surface area contributed by atoms with Gasteiger partial charge in [-0.25, -0.2) is 9.97 Å². The van der Waals surface area contributed by atoms with Crippen molar-refractivity contribution in [2.75, 3.05) is 30.4 Å². The molecular weight excluding hydrogens is 276 g/mol. The summed E-state index contributed by atoms with van der Waals surface area (Å²) >= 11 is 0. The molecule has 112 valence electrons. The molecule has 0 fully saturated rings. The number of aromatic nitrogens is 4. The maximum atomic E-state index is 4.34. The molecule has 0 aliphatic carbocycles. The Morgan fingerprint density at radius 2 is 2.23 bits per heavy atom. The van der Waals surface area contributed by atoms with Gasteiger partial charge in [-0.3, -0.25) is 5.10 Å². The van der Waals surface area contributed by atoms with Crippen molar-refractivity contribution in [3.8, 4) is 0 Å². The second-order valence-electron chi connectivity index (χ2n) is 5.70. The Labute approximate surface area is 128 Å².